The van der Waals surface area contributed by atoms with Gasteiger partial charge in [-0.15, -0.1) is 11.3 Å². The average molecular weight is 356 g/mol. The molecule has 3 aromatic heterocycles. The van der Waals surface area contributed by atoms with Crippen LogP contribution in [0.1, 0.15) is 38.6 Å². The van der Waals surface area contributed by atoms with Crippen LogP contribution in [0.15, 0.2) is 28.9 Å². The van der Waals surface area contributed by atoms with Crippen molar-refractivity contribution >= 4 is 17.2 Å². The van der Waals surface area contributed by atoms with Crippen molar-refractivity contribution in [3.05, 3.63) is 51.3 Å². The van der Waals surface area contributed by atoms with E-state index in [1.807, 2.05) is 39.0 Å². The van der Waals surface area contributed by atoms with Gasteiger partial charge < -0.3 is 9.84 Å². The number of pyridine rings is 1. The number of hydrogen-bond acceptors (Lipinski definition) is 6. The van der Waals surface area contributed by atoms with Crippen molar-refractivity contribution in [1.82, 2.24) is 20.4 Å². The maximum absolute atomic E-state index is 12.0. The summed E-state index contributed by atoms with van der Waals surface area (Å²) in [5, 5.41) is 7.91. The second-order valence-electron chi connectivity index (χ2n) is 5.66. The molecule has 1 N–H and O–H groups in total. The van der Waals surface area contributed by atoms with Gasteiger partial charge in [-0.3, -0.25) is 9.78 Å². The Morgan fingerprint density at radius 2 is 2.12 bits per heavy atom. The van der Waals surface area contributed by atoms with Gasteiger partial charge in [0.25, 0.3) is 5.91 Å². The molecule has 0 unspecified atom stereocenters. The molecule has 0 aliphatic rings. The number of rotatable bonds is 6. The van der Waals surface area contributed by atoms with E-state index in [1.165, 1.54) is 11.3 Å². The van der Waals surface area contributed by atoms with Crippen LogP contribution in [-0.4, -0.2) is 27.6 Å². The topological polar surface area (TPSA) is 80.9 Å². The van der Waals surface area contributed by atoms with Crippen LogP contribution in [0.5, 0.6) is 0 Å². The molecule has 3 aromatic rings. The normalized spacial score (nSPS) is 10.8. The third kappa shape index (κ3) is 3.76. The van der Waals surface area contributed by atoms with Gasteiger partial charge in [0.1, 0.15) is 16.3 Å². The van der Waals surface area contributed by atoms with Crippen LogP contribution >= 0.6 is 11.3 Å². The molecular formula is C18H20N4O2S. The highest BCUT2D eigenvalue weighted by Crippen LogP contribution is 2.26. The fourth-order valence-corrected chi connectivity index (χ4v) is 3.61. The molecule has 6 nitrogen and oxygen atoms in total. The number of thiazole rings is 1. The van der Waals surface area contributed by atoms with Gasteiger partial charge >= 0.3 is 0 Å². The quantitative estimate of drug-likeness (QED) is 0.732. The fourth-order valence-electron chi connectivity index (χ4n) is 2.63. The van der Waals surface area contributed by atoms with Crippen LogP contribution in [-0.2, 0) is 12.8 Å². The van der Waals surface area contributed by atoms with Gasteiger partial charge in [0.2, 0.25) is 0 Å². The molecule has 130 valence electrons. The van der Waals surface area contributed by atoms with Crippen molar-refractivity contribution in [2.24, 2.45) is 0 Å². The molecule has 0 aliphatic carbocycles. The molecule has 3 rings (SSSR count). The molecule has 0 atom stereocenters. The van der Waals surface area contributed by atoms with E-state index < -0.39 is 0 Å². The smallest absolute Gasteiger partial charge is 0.263 e. The Labute approximate surface area is 150 Å². The van der Waals surface area contributed by atoms with Crippen molar-refractivity contribution in [1.29, 1.82) is 0 Å². The summed E-state index contributed by atoms with van der Waals surface area (Å²) < 4.78 is 5.37. The van der Waals surface area contributed by atoms with E-state index in [2.05, 4.69) is 20.4 Å². The maximum atomic E-state index is 12.0. The van der Waals surface area contributed by atoms with Gasteiger partial charge in [0.05, 0.1) is 16.4 Å². The fraction of sp³-hybridized carbons (Fsp3) is 0.333. The third-order valence-corrected chi connectivity index (χ3v) is 5.08. The SMILES string of the molecule is CCNC(=O)c1sc(CCc2c(-c3ccccn3)noc2C)nc1C. The van der Waals surface area contributed by atoms with E-state index in [4.69, 9.17) is 4.52 Å². The highest BCUT2D eigenvalue weighted by molar-refractivity contribution is 7.13. The number of nitrogens with one attached hydrogen (secondary N) is 1. The lowest BCUT2D eigenvalue weighted by Crippen LogP contribution is -2.22. The first kappa shape index (κ1) is 17.3. The van der Waals surface area contributed by atoms with Crippen molar-refractivity contribution in [2.45, 2.75) is 33.6 Å². The summed E-state index contributed by atoms with van der Waals surface area (Å²) in [5.41, 5.74) is 3.38. The first-order valence-electron chi connectivity index (χ1n) is 8.21. The maximum Gasteiger partial charge on any atom is 0.263 e. The molecule has 25 heavy (non-hydrogen) atoms. The molecule has 0 bridgehead atoms. The average Bonchev–Trinajstić information content (AvgIpc) is 3.16. The third-order valence-electron chi connectivity index (χ3n) is 3.87. The summed E-state index contributed by atoms with van der Waals surface area (Å²) in [6.07, 6.45) is 3.21. The van der Waals surface area contributed by atoms with E-state index in [0.29, 0.717) is 11.4 Å². The number of amides is 1. The Balaban J connectivity index is 1.78. The molecule has 0 spiro atoms. The van der Waals surface area contributed by atoms with Crippen LogP contribution in [0.3, 0.4) is 0 Å². The zero-order valence-electron chi connectivity index (χ0n) is 14.5. The molecule has 0 aliphatic heterocycles. The Bertz CT molecular complexity index is 871. The summed E-state index contributed by atoms with van der Waals surface area (Å²) >= 11 is 1.45. The Kier molecular flexibility index (Phi) is 5.23. The minimum absolute atomic E-state index is 0.0564. The predicted octanol–water partition coefficient (Wildman–Crippen LogP) is 3.34. The van der Waals surface area contributed by atoms with E-state index in [1.54, 1.807) is 6.20 Å². The summed E-state index contributed by atoms with van der Waals surface area (Å²) in [4.78, 5) is 21.6. The summed E-state index contributed by atoms with van der Waals surface area (Å²) in [6.45, 7) is 6.29. The molecule has 0 fully saturated rings. The van der Waals surface area contributed by atoms with Crippen molar-refractivity contribution < 1.29 is 9.32 Å². The molecule has 0 saturated carbocycles. The van der Waals surface area contributed by atoms with Crippen molar-refractivity contribution in [3.8, 4) is 11.4 Å². The highest BCUT2D eigenvalue weighted by atomic mass is 32.1. The first-order valence-corrected chi connectivity index (χ1v) is 9.02. The standard InChI is InChI=1S/C18H20N4O2S/c1-4-19-18(23)17-11(2)21-15(25-17)9-8-13-12(3)24-22-16(13)14-7-5-6-10-20-14/h5-7,10H,4,8-9H2,1-3H3,(H,19,23). The van der Waals surface area contributed by atoms with Gasteiger partial charge in [-0.25, -0.2) is 4.98 Å². The van der Waals surface area contributed by atoms with Crippen LogP contribution in [0, 0.1) is 13.8 Å². The van der Waals surface area contributed by atoms with Crippen molar-refractivity contribution in [3.63, 3.8) is 0 Å². The largest absolute Gasteiger partial charge is 0.361 e. The number of carbonyl (C=O) groups is 1. The number of aryl methyl sites for hydroxylation is 3. The molecule has 0 radical (unpaired) electrons. The zero-order chi connectivity index (χ0) is 17.8. The van der Waals surface area contributed by atoms with Gasteiger partial charge in [-0.2, -0.15) is 0 Å². The zero-order valence-corrected chi connectivity index (χ0v) is 15.3. The van der Waals surface area contributed by atoms with Gasteiger partial charge in [-0.1, -0.05) is 11.2 Å². The van der Waals surface area contributed by atoms with Crippen molar-refractivity contribution in [2.75, 3.05) is 6.54 Å². The molecule has 0 saturated heterocycles. The second-order valence-corrected chi connectivity index (χ2v) is 6.75. The molecule has 1 amide bonds. The number of carbonyl (C=O) groups excluding carboxylic acids is 1. The lowest BCUT2D eigenvalue weighted by molar-refractivity contribution is 0.0959. The van der Waals surface area contributed by atoms with Crippen LogP contribution in [0.2, 0.25) is 0 Å². The van der Waals surface area contributed by atoms with E-state index in [0.717, 1.165) is 46.3 Å². The van der Waals surface area contributed by atoms with E-state index >= 15 is 0 Å². The van der Waals surface area contributed by atoms with Crippen LogP contribution in [0.25, 0.3) is 11.4 Å². The molecule has 7 heteroatoms. The lowest BCUT2D eigenvalue weighted by Gasteiger charge is -2.01. The predicted molar refractivity (Wildman–Crippen MR) is 96.7 cm³/mol. The summed E-state index contributed by atoms with van der Waals surface area (Å²) in [5.74, 6) is 0.733. The Morgan fingerprint density at radius 3 is 2.84 bits per heavy atom. The van der Waals surface area contributed by atoms with Crippen LogP contribution < -0.4 is 5.32 Å². The van der Waals surface area contributed by atoms with Gasteiger partial charge in [0, 0.05) is 24.7 Å². The summed E-state index contributed by atoms with van der Waals surface area (Å²) in [7, 11) is 0. The number of hydrogen-bond donors (Lipinski definition) is 1. The highest BCUT2D eigenvalue weighted by Gasteiger charge is 2.18. The van der Waals surface area contributed by atoms with Crippen LogP contribution in [0.4, 0.5) is 0 Å². The van der Waals surface area contributed by atoms with Gasteiger partial charge in [0.15, 0.2) is 0 Å². The molecule has 0 aromatic carbocycles. The van der Waals surface area contributed by atoms with E-state index in [9.17, 15) is 4.79 Å². The monoisotopic (exact) mass is 356 g/mol. The lowest BCUT2D eigenvalue weighted by atomic mass is 10.1. The molecular weight excluding hydrogens is 336 g/mol. The second kappa shape index (κ2) is 7.57. The first-order chi connectivity index (χ1) is 12.1. The number of aromatic nitrogens is 3. The van der Waals surface area contributed by atoms with Gasteiger partial charge in [-0.05, 0) is 39.3 Å². The minimum atomic E-state index is -0.0564. The van der Waals surface area contributed by atoms with E-state index in [-0.39, 0.29) is 5.91 Å². The molecule has 3 heterocycles. The Hall–Kier alpha value is -2.54. The minimum Gasteiger partial charge on any atom is -0.361 e. The number of nitrogens with zero attached hydrogens (tertiary/aromatic N) is 3. The summed E-state index contributed by atoms with van der Waals surface area (Å²) in [6, 6.07) is 5.72. The Morgan fingerprint density at radius 1 is 1.28 bits per heavy atom.